The van der Waals surface area contributed by atoms with Crippen molar-refractivity contribution in [3.63, 3.8) is 0 Å². The van der Waals surface area contributed by atoms with Crippen LogP contribution in [-0.4, -0.2) is 23.8 Å². The van der Waals surface area contributed by atoms with E-state index in [4.69, 9.17) is 9.84 Å². The molecule has 0 saturated carbocycles. The van der Waals surface area contributed by atoms with Crippen molar-refractivity contribution in [1.82, 2.24) is 0 Å². The van der Waals surface area contributed by atoms with Crippen molar-refractivity contribution in [1.29, 1.82) is 0 Å². The molecule has 76 valence electrons. The van der Waals surface area contributed by atoms with Gasteiger partial charge in [0.05, 0.1) is 6.61 Å². The lowest BCUT2D eigenvalue weighted by molar-refractivity contribution is -0.152. The second kappa shape index (κ2) is 5.40. The van der Waals surface area contributed by atoms with Crippen molar-refractivity contribution in [3.8, 4) is 0 Å². The van der Waals surface area contributed by atoms with E-state index in [1.165, 1.54) is 6.92 Å². The molecule has 3 nitrogen and oxygen atoms in total. The van der Waals surface area contributed by atoms with Gasteiger partial charge in [-0.15, -0.1) is 0 Å². The van der Waals surface area contributed by atoms with Crippen molar-refractivity contribution in [2.45, 2.75) is 19.4 Å². The molecule has 0 amide bonds. The summed E-state index contributed by atoms with van der Waals surface area (Å²) in [7, 11) is 0. The van der Waals surface area contributed by atoms with Gasteiger partial charge in [-0.25, -0.2) is 4.79 Å². The Balaban J connectivity index is 2.26. The zero-order valence-electron chi connectivity index (χ0n) is 8.14. The normalized spacial score (nSPS) is 12.1. The maximum atomic E-state index is 10.9. The minimum atomic E-state index is -1.04. The Morgan fingerprint density at radius 3 is 2.64 bits per heavy atom. The number of ether oxygens (including phenoxy) is 1. The van der Waals surface area contributed by atoms with E-state index in [0.717, 1.165) is 5.56 Å². The van der Waals surface area contributed by atoms with Crippen LogP contribution in [0.25, 0.3) is 0 Å². The molecule has 1 rings (SSSR count). The van der Waals surface area contributed by atoms with Gasteiger partial charge in [-0.2, -0.15) is 0 Å². The van der Waals surface area contributed by atoms with E-state index in [2.05, 4.69) is 0 Å². The van der Waals surface area contributed by atoms with Crippen LogP contribution in [0, 0.1) is 0 Å². The Bertz CT molecular complexity index is 280. The van der Waals surface area contributed by atoms with Gasteiger partial charge in [-0.1, -0.05) is 30.3 Å². The molecule has 0 unspecified atom stereocenters. The molecule has 0 aromatic heterocycles. The van der Waals surface area contributed by atoms with Crippen LogP contribution in [0.3, 0.4) is 0 Å². The first kappa shape index (κ1) is 10.7. The van der Waals surface area contributed by atoms with Crippen LogP contribution < -0.4 is 0 Å². The lowest BCUT2D eigenvalue weighted by Crippen LogP contribution is -2.20. The zero-order chi connectivity index (χ0) is 10.4. The first-order valence-corrected chi connectivity index (χ1v) is 4.59. The molecule has 0 aliphatic rings. The molecule has 1 N–H and O–H groups in total. The molecule has 0 radical (unpaired) electrons. The summed E-state index contributed by atoms with van der Waals surface area (Å²) in [6.45, 7) is 1.71. The molecular formula is C11H14O3. The molecule has 1 aromatic carbocycles. The van der Waals surface area contributed by atoms with E-state index in [-0.39, 0.29) is 0 Å². The SMILES string of the molecule is C[C@H](O)C(=O)OCCc1ccccc1. The molecule has 1 aromatic rings. The fourth-order valence-corrected chi connectivity index (χ4v) is 1.03. The molecular weight excluding hydrogens is 180 g/mol. The van der Waals surface area contributed by atoms with Crippen LogP contribution in [0.2, 0.25) is 0 Å². The van der Waals surface area contributed by atoms with E-state index in [9.17, 15) is 4.79 Å². The van der Waals surface area contributed by atoms with Gasteiger partial charge in [-0.3, -0.25) is 0 Å². The Labute approximate surface area is 83.3 Å². The molecule has 3 heteroatoms. The van der Waals surface area contributed by atoms with Gasteiger partial charge in [0.1, 0.15) is 6.10 Å². The zero-order valence-corrected chi connectivity index (χ0v) is 8.14. The van der Waals surface area contributed by atoms with Gasteiger partial charge in [0.2, 0.25) is 0 Å². The van der Waals surface area contributed by atoms with Gasteiger partial charge in [0.15, 0.2) is 0 Å². The molecule has 1 atom stereocenters. The summed E-state index contributed by atoms with van der Waals surface area (Å²) in [5, 5.41) is 8.84. The van der Waals surface area contributed by atoms with Gasteiger partial charge >= 0.3 is 5.97 Å². The molecule has 0 aliphatic carbocycles. The largest absolute Gasteiger partial charge is 0.463 e. The van der Waals surface area contributed by atoms with Crippen molar-refractivity contribution in [3.05, 3.63) is 35.9 Å². The molecule has 0 aliphatic heterocycles. The van der Waals surface area contributed by atoms with Crippen molar-refractivity contribution in [2.24, 2.45) is 0 Å². The Hall–Kier alpha value is -1.35. The molecule has 14 heavy (non-hydrogen) atoms. The number of benzene rings is 1. The van der Waals surface area contributed by atoms with Crippen LogP contribution in [0.15, 0.2) is 30.3 Å². The second-order valence-corrected chi connectivity index (χ2v) is 3.08. The third-order valence-corrected chi connectivity index (χ3v) is 1.82. The average Bonchev–Trinajstić information content (AvgIpc) is 2.19. The maximum Gasteiger partial charge on any atom is 0.334 e. The number of aliphatic hydroxyl groups excluding tert-OH is 1. The van der Waals surface area contributed by atoms with Crippen LogP contribution in [0.5, 0.6) is 0 Å². The number of carbonyl (C=O) groups is 1. The quantitative estimate of drug-likeness (QED) is 0.731. The summed E-state index contributed by atoms with van der Waals surface area (Å²) < 4.78 is 4.82. The minimum absolute atomic E-state index is 0.313. The Kier molecular flexibility index (Phi) is 4.13. The van der Waals surface area contributed by atoms with E-state index < -0.39 is 12.1 Å². The monoisotopic (exact) mass is 194 g/mol. The first-order valence-electron chi connectivity index (χ1n) is 4.59. The van der Waals surface area contributed by atoms with Gasteiger partial charge < -0.3 is 9.84 Å². The lowest BCUT2D eigenvalue weighted by Gasteiger charge is -2.06. The molecule has 0 fully saturated rings. The average molecular weight is 194 g/mol. The topological polar surface area (TPSA) is 46.5 Å². The Morgan fingerprint density at radius 1 is 1.43 bits per heavy atom. The highest BCUT2D eigenvalue weighted by Gasteiger charge is 2.08. The summed E-state index contributed by atoms with van der Waals surface area (Å²) >= 11 is 0. The maximum absolute atomic E-state index is 10.9. The summed E-state index contributed by atoms with van der Waals surface area (Å²) in [4.78, 5) is 10.9. The summed E-state index contributed by atoms with van der Waals surface area (Å²) in [6.07, 6.45) is -0.356. The number of hydrogen-bond donors (Lipinski definition) is 1. The van der Waals surface area contributed by atoms with E-state index in [1.807, 2.05) is 30.3 Å². The van der Waals surface area contributed by atoms with Crippen LogP contribution >= 0.6 is 0 Å². The molecule has 0 saturated heterocycles. The molecule has 0 heterocycles. The summed E-state index contributed by atoms with van der Waals surface area (Å²) in [6, 6.07) is 9.75. The van der Waals surface area contributed by atoms with Gasteiger partial charge in [0.25, 0.3) is 0 Å². The second-order valence-electron chi connectivity index (χ2n) is 3.08. The number of esters is 1. The molecule has 0 bridgehead atoms. The van der Waals surface area contributed by atoms with Gasteiger partial charge in [0, 0.05) is 6.42 Å². The highest BCUT2D eigenvalue weighted by atomic mass is 16.5. The lowest BCUT2D eigenvalue weighted by atomic mass is 10.2. The van der Waals surface area contributed by atoms with E-state index in [1.54, 1.807) is 0 Å². The Morgan fingerprint density at radius 2 is 2.07 bits per heavy atom. The number of hydrogen-bond acceptors (Lipinski definition) is 3. The van der Waals surface area contributed by atoms with E-state index >= 15 is 0 Å². The van der Waals surface area contributed by atoms with Crippen molar-refractivity contribution in [2.75, 3.05) is 6.61 Å². The van der Waals surface area contributed by atoms with Gasteiger partial charge in [-0.05, 0) is 12.5 Å². The van der Waals surface area contributed by atoms with Crippen LogP contribution in [0.1, 0.15) is 12.5 Å². The molecule has 0 spiro atoms. The van der Waals surface area contributed by atoms with Crippen LogP contribution in [-0.2, 0) is 16.0 Å². The fraction of sp³-hybridized carbons (Fsp3) is 0.364. The van der Waals surface area contributed by atoms with Crippen molar-refractivity contribution >= 4 is 5.97 Å². The number of aliphatic hydroxyl groups is 1. The summed E-state index contributed by atoms with van der Waals surface area (Å²) in [5.41, 5.74) is 1.12. The minimum Gasteiger partial charge on any atom is -0.463 e. The van der Waals surface area contributed by atoms with Crippen LogP contribution in [0.4, 0.5) is 0 Å². The third kappa shape index (κ3) is 3.58. The third-order valence-electron chi connectivity index (χ3n) is 1.82. The predicted molar refractivity (Wildman–Crippen MR) is 52.8 cm³/mol. The highest BCUT2D eigenvalue weighted by Crippen LogP contribution is 2.00. The number of rotatable bonds is 4. The van der Waals surface area contributed by atoms with Crippen molar-refractivity contribution < 1.29 is 14.6 Å². The standard InChI is InChI=1S/C11H14O3/c1-9(12)11(13)14-8-7-10-5-3-2-4-6-10/h2-6,9,12H,7-8H2,1H3/t9-/m0/s1. The highest BCUT2D eigenvalue weighted by molar-refractivity contribution is 5.73. The van der Waals surface area contributed by atoms with E-state index in [0.29, 0.717) is 13.0 Å². The fourth-order valence-electron chi connectivity index (χ4n) is 1.03. The predicted octanol–water partition coefficient (Wildman–Crippen LogP) is 1.15. The summed E-state index contributed by atoms with van der Waals surface area (Å²) in [5.74, 6) is -0.569. The first-order chi connectivity index (χ1) is 6.70. The smallest absolute Gasteiger partial charge is 0.334 e. The number of carbonyl (C=O) groups excluding carboxylic acids is 1.